The molecular weight excluding hydrogens is 216 g/mol. The molecule has 1 aliphatic carbocycles. The van der Waals surface area contributed by atoms with Crippen molar-refractivity contribution < 1.29 is 9.53 Å². The van der Waals surface area contributed by atoms with E-state index in [0.29, 0.717) is 19.0 Å². The molecule has 1 amide bonds. The molecule has 4 nitrogen and oxygen atoms in total. The van der Waals surface area contributed by atoms with E-state index in [9.17, 15) is 4.79 Å². The normalized spacial score (nSPS) is 26.5. The van der Waals surface area contributed by atoms with Crippen LogP contribution in [0.25, 0.3) is 0 Å². The number of rotatable bonds is 6. The molecule has 17 heavy (non-hydrogen) atoms. The highest BCUT2D eigenvalue weighted by molar-refractivity contribution is 5.76. The molecule has 0 bridgehead atoms. The summed E-state index contributed by atoms with van der Waals surface area (Å²) in [6.45, 7) is 2.62. The van der Waals surface area contributed by atoms with Gasteiger partial charge in [0, 0.05) is 19.7 Å². The smallest absolute Gasteiger partial charge is 0.222 e. The highest BCUT2D eigenvalue weighted by Crippen LogP contribution is 2.26. The van der Waals surface area contributed by atoms with Crippen LogP contribution in [0.3, 0.4) is 0 Å². The zero-order valence-electron chi connectivity index (χ0n) is 11.1. The molecule has 1 saturated carbocycles. The minimum atomic E-state index is -0.152. The number of hydrogen-bond acceptors (Lipinski definition) is 3. The summed E-state index contributed by atoms with van der Waals surface area (Å²) < 4.78 is 5.12. The maximum absolute atomic E-state index is 11.8. The highest BCUT2D eigenvalue weighted by Gasteiger charge is 2.22. The van der Waals surface area contributed by atoms with Crippen LogP contribution in [-0.2, 0) is 9.53 Å². The van der Waals surface area contributed by atoms with E-state index in [1.54, 1.807) is 7.11 Å². The van der Waals surface area contributed by atoms with Crippen LogP contribution in [0.4, 0.5) is 0 Å². The van der Waals surface area contributed by atoms with Gasteiger partial charge in [0.1, 0.15) is 0 Å². The van der Waals surface area contributed by atoms with Crippen LogP contribution in [0.15, 0.2) is 0 Å². The summed E-state index contributed by atoms with van der Waals surface area (Å²) in [5, 5.41) is 3.11. The first kappa shape index (κ1) is 14.5. The van der Waals surface area contributed by atoms with E-state index in [-0.39, 0.29) is 12.0 Å². The molecule has 0 aromatic carbocycles. The minimum Gasteiger partial charge on any atom is -0.380 e. The summed E-state index contributed by atoms with van der Waals surface area (Å²) >= 11 is 0. The summed E-state index contributed by atoms with van der Waals surface area (Å²) in [6, 6.07) is 0.358. The Kier molecular flexibility index (Phi) is 6.52. The van der Waals surface area contributed by atoms with Gasteiger partial charge in [-0.3, -0.25) is 4.79 Å². The van der Waals surface area contributed by atoms with Crippen molar-refractivity contribution in [3.63, 3.8) is 0 Å². The van der Waals surface area contributed by atoms with Crippen LogP contribution in [0.5, 0.6) is 0 Å². The van der Waals surface area contributed by atoms with E-state index in [1.807, 2.05) is 0 Å². The Bertz CT molecular complexity index is 229. The molecule has 4 heteroatoms. The van der Waals surface area contributed by atoms with Crippen LogP contribution in [0, 0.1) is 5.92 Å². The SMILES string of the molecule is CCC1CCCC(NC(=O)CC(CN)OC)C1. The second-order valence-corrected chi connectivity index (χ2v) is 5.00. The van der Waals surface area contributed by atoms with Crippen molar-refractivity contribution >= 4 is 5.91 Å². The summed E-state index contributed by atoms with van der Waals surface area (Å²) in [6.07, 6.45) is 6.22. The minimum absolute atomic E-state index is 0.0732. The zero-order chi connectivity index (χ0) is 12.7. The largest absolute Gasteiger partial charge is 0.380 e. The van der Waals surface area contributed by atoms with E-state index in [2.05, 4.69) is 12.2 Å². The topological polar surface area (TPSA) is 64.4 Å². The summed E-state index contributed by atoms with van der Waals surface area (Å²) in [4.78, 5) is 11.8. The standard InChI is InChI=1S/C13H26N2O2/c1-3-10-5-4-6-11(7-10)15-13(16)8-12(9-14)17-2/h10-12H,3-9,14H2,1-2H3,(H,15,16). The second-order valence-electron chi connectivity index (χ2n) is 5.00. The van der Waals surface area contributed by atoms with Gasteiger partial charge in [0.15, 0.2) is 0 Å². The zero-order valence-corrected chi connectivity index (χ0v) is 11.1. The van der Waals surface area contributed by atoms with Gasteiger partial charge in [0.2, 0.25) is 5.91 Å². The third-order valence-electron chi connectivity index (χ3n) is 3.73. The van der Waals surface area contributed by atoms with Crippen LogP contribution < -0.4 is 11.1 Å². The lowest BCUT2D eigenvalue weighted by Gasteiger charge is -2.29. The summed E-state index contributed by atoms with van der Waals surface area (Å²) in [5.74, 6) is 0.853. The molecular formula is C13H26N2O2. The van der Waals surface area contributed by atoms with E-state index in [0.717, 1.165) is 18.8 Å². The predicted molar refractivity (Wildman–Crippen MR) is 68.6 cm³/mol. The maximum Gasteiger partial charge on any atom is 0.222 e. The first-order valence-electron chi connectivity index (χ1n) is 6.71. The first-order chi connectivity index (χ1) is 8.19. The van der Waals surface area contributed by atoms with Crippen LogP contribution in [0.1, 0.15) is 45.4 Å². The number of ether oxygens (including phenoxy) is 1. The molecule has 3 atom stereocenters. The van der Waals surface area contributed by atoms with Crippen LogP contribution in [0.2, 0.25) is 0 Å². The average molecular weight is 242 g/mol. The molecule has 0 saturated heterocycles. The molecule has 0 radical (unpaired) electrons. The van der Waals surface area contributed by atoms with Gasteiger partial charge in [-0.2, -0.15) is 0 Å². The fourth-order valence-electron chi connectivity index (χ4n) is 2.55. The Morgan fingerprint density at radius 1 is 1.53 bits per heavy atom. The Morgan fingerprint density at radius 3 is 2.88 bits per heavy atom. The monoisotopic (exact) mass is 242 g/mol. The second kappa shape index (κ2) is 7.67. The number of carbonyl (C=O) groups is 1. The number of methoxy groups -OCH3 is 1. The molecule has 0 aliphatic heterocycles. The van der Waals surface area contributed by atoms with E-state index in [1.165, 1.54) is 19.3 Å². The molecule has 0 spiro atoms. The molecule has 1 fully saturated rings. The van der Waals surface area contributed by atoms with Gasteiger partial charge < -0.3 is 15.8 Å². The van der Waals surface area contributed by atoms with Gasteiger partial charge in [-0.25, -0.2) is 0 Å². The number of carbonyl (C=O) groups excluding carboxylic acids is 1. The summed E-state index contributed by atoms with van der Waals surface area (Å²) in [7, 11) is 1.60. The lowest BCUT2D eigenvalue weighted by molar-refractivity contribution is -0.124. The van der Waals surface area contributed by atoms with Crippen molar-refractivity contribution in [3.05, 3.63) is 0 Å². The Labute approximate surface area is 104 Å². The average Bonchev–Trinajstić information content (AvgIpc) is 2.36. The van der Waals surface area contributed by atoms with Crippen LogP contribution in [-0.4, -0.2) is 31.7 Å². The van der Waals surface area contributed by atoms with E-state index >= 15 is 0 Å². The van der Waals surface area contributed by atoms with E-state index in [4.69, 9.17) is 10.5 Å². The van der Waals surface area contributed by atoms with Gasteiger partial charge >= 0.3 is 0 Å². The van der Waals surface area contributed by atoms with Crippen molar-refractivity contribution in [1.82, 2.24) is 5.32 Å². The van der Waals surface area contributed by atoms with Crippen molar-refractivity contribution in [2.24, 2.45) is 11.7 Å². The fourth-order valence-corrected chi connectivity index (χ4v) is 2.55. The molecule has 100 valence electrons. The van der Waals surface area contributed by atoms with Gasteiger partial charge in [-0.15, -0.1) is 0 Å². The van der Waals surface area contributed by atoms with Crippen molar-refractivity contribution in [3.8, 4) is 0 Å². The lowest BCUT2D eigenvalue weighted by atomic mass is 9.84. The molecule has 0 aromatic rings. The van der Waals surface area contributed by atoms with Gasteiger partial charge in [0.25, 0.3) is 0 Å². The number of nitrogens with two attached hydrogens (primary N) is 1. The number of nitrogens with one attached hydrogen (secondary N) is 1. The van der Waals surface area contributed by atoms with Gasteiger partial charge in [-0.1, -0.05) is 26.2 Å². The summed E-state index contributed by atoms with van der Waals surface area (Å²) in [5.41, 5.74) is 5.50. The van der Waals surface area contributed by atoms with E-state index < -0.39 is 0 Å². The van der Waals surface area contributed by atoms with Crippen molar-refractivity contribution in [2.75, 3.05) is 13.7 Å². The molecule has 3 N–H and O–H groups in total. The predicted octanol–water partition coefficient (Wildman–Crippen LogP) is 1.44. The fraction of sp³-hybridized carbons (Fsp3) is 0.923. The third-order valence-corrected chi connectivity index (χ3v) is 3.73. The third kappa shape index (κ3) is 5.04. The lowest BCUT2D eigenvalue weighted by Crippen LogP contribution is -2.40. The highest BCUT2D eigenvalue weighted by atomic mass is 16.5. The molecule has 1 aliphatic rings. The number of amides is 1. The molecule has 0 heterocycles. The molecule has 0 aromatic heterocycles. The van der Waals surface area contributed by atoms with Crippen LogP contribution >= 0.6 is 0 Å². The van der Waals surface area contributed by atoms with Gasteiger partial charge in [-0.05, 0) is 18.8 Å². The van der Waals surface area contributed by atoms with Gasteiger partial charge in [0.05, 0.1) is 12.5 Å². The quantitative estimate of drug-likeness (QED) is 0.740. The molecule has 3 unspecified atom stereocenters. The molecule has 1 rings (SSSR count). The maximum atomic E-state index is 11.8. The van der Waals surface area contributed by atoms with Crippen molar-refractivity contribution in [2.45, 2.75) is 57.6 Å². The first-order valence-corrected chi connectivity index (χ1v) is 6.71. The number of hydrogen-bond donors (Lipinski definition) is 2. The Morgan fingerprint density at radius 2 is 2.29 bits per heavy atom. The van der Waals surface area contributed by atoms with Crippen molar-refractivity contribution in [1.29, 1.82) is 0 Å². The Hall–Kier alpha value is -0.610. The Balaban J connectivity index is 2.30.